The molecule has 2 aromatic carbocycles. The van der Waals surface area contributed by atoms with Crippen LogP contribution in [0.1, 0.15) is 57.5 Å². The van der Waals surface area contributed by atoms with Gasteiger partial charge in [-0.05, 0) is 49.2 Å². The van der Waals surface area contributed by atoms with Crippen LogP contribution < -0.4 is 10.6 Å². The fourth-order valence-corrected chi connectivity index (χ4v) is 3.82. The van der Waals surface area contributed by atoms with Crippen molar-refractivity contribution in [3.63, 3.8) is 0 Å². The van der Waals surface area contributed by atoms with Gasteiger partial charge >= 0.3 is 11.9 Å². The molecule has 1 aliphatic rings. The van der Waals surface area contributed by atoms with Gasteiger partial charge in [0.15, 0.2) is 0 Å². The maximum Gasteiger partial charge on any atom is 0.335 e. The highest BCUT2D eigenvalue weighted by Crippen LogP contribution is 2.24. The topological polar surface area (TPSA) is 139 Å². The predicted molar refractivity (Wildman–Crippen MR) is 110 cm³/mol. The molecule has 1 saturated carbocycles. The molecule has 1 fully saturated rings. The van der Waals surface area contributed by atoms with Gasteiger partial charge in [0.2, 0.25) is 0 Å². The number of benzene rings is 2. The van der Waals surface area contributed by atoms with Gasteiger partial charge in [0.05, 0.1) is 11.1 Å². The second-order valence-corrected chi connectivity index (χ2v) is 7.56. The minimum atomic E-state index is -1.04. The Morgan fingerprint density at radius 1 is 0.767 bits per heavy atom. The molecule has 8 nitrogen and oxygen atoms in total. The second-order valence-electron chi connectivity index (χ2n) is 7.56. The van der Waals surface area contributed by atoms with E-state index in [0.717, 1.165) is 25.7 Å². The molecule has 30 heavy (non-hydrogen) atoms. The Hall–Kier alpha value is -3.10. The van der Waals surface area contributed by atoms with Crippen LogP contribution in [0.2, 0.25) is 0 Å². The van der Waals surface area contributed by atoms with E-state index in [0.29, 0.717) is 24.2 Å². The van der Waals surface area contributed by atoms with Crippen molar-refractivity contribution in [1.29, 1.82) is 0 Å². The summed E-state index contributed by atoms with van der Waals surface area (Å²) in [5.74, 6) is -2.00. The van der Waals surface area contributed by atoms with E-state index in [1.165, 1.54) is 36.4 Å². The average Bonchev–Trinajstić information content (AvgIpc) is 2.72. The Morgan fingerprint density at radius 3 is 1.53 bits per heavy atom. The van der Waals surface area contributed by atoms with Crippen molar-refractivity contribution in [3.05, 3.63) is 58.7 Å². The van der Waals surface area contributed by atoms with Gasteiger partial charge in [-0.25, -0.2) is 9.59 Å². The molecule has 0 spiro atoms. The lowest BCUT2D eigenvalue weighted by molar-refractivity contribution is 0.0686. The highest BCUT2D eigenvalue weighted by molar-refractivity contribution is 5.88. The third-order valence-electron chi connectivity index (χ3n) is 5.53. The zero-order valence-electron chi connectivity index (χ0n) is 16.5. The van der Waals surface area contributed by atoms with Gasteiger partial charge in [0.1, 0.15) is 11.5 Å². The first-order valence-corrected chi connectivity index (χ1v) is 9.92. The molecular formula is C22H26N2O6. The average molecular weight is 414 g/mol. The van der Waals surface area contributed by atoms with E-state index < -0.39 is 11.9 Å². The largest absolute Gasteiger partial charge is 0.508 e. The molecule has 0 radical (unpaired) electrons. The van der Waals surface area contributed by atoms with Crippen molar-refractivity contribution in [2.45, 2.75) is 50.9 Å². The van der Waals surface area contributed by atoms with Crippen LogP contribution in [0.15, 0.2) is 36.4 Å². The highest BCUT2D eigenvalue weighted by Gasteiger charge is 2.25. The Morgan fingerprint density at radius 2 is 1.17 bits per heavy atom. The SMILES string of the molecule is O=C(O)c1ccc(O)c(CN[C@@H]2CCCC[C@H]2NCc2cc(C(=O)O)ccc2O)c1. The lowest BCUT2D eigenvalue weighted by Gasteiger charge is -2.33. The first-order valence-electron chi connectivity index (χ1n) is 9.92. The molecule has 0 bridgehead atoms. The summed E-state index contributed by atoms with van der Waals surface area (Å²) in [6.07, 6.45) is 3.93. The van der Waals surface area contributed by atoms with Crippen LogP contribution in [-0.2, 0) is 13.1 Å². The summed E-state index contributed by atoms with van der Waals surface area (Å²) in [5, 5.41) is 45.2. The van der Waals surface area contributed by atoms with Crippen LogP contribution >= 0.6 is 0 Å². The van der Waals surface area contributed by atoms with Crippen LogP contribution in [-0.4, -0.2) is 44.4 Å². The van der Waals surface area contributed by atoms with Gasteiger partial charge in [-0.3, -0.25) is 0 Å². The number of carbonyl (C=O) groups is 2. The normalized spacial score (nSPS) is 18.8. The summed E-state index contributed by atoms with van der Waals surface area (Å²) < 4.78 is 0. The van der Waals surface area contributed by atoms with Crippen molar-refractivity contribution in [2.75, 3.05) is 0 Å². The number of hydrogen-bond acceptors (Lipinski definition) is 6. The van der Waals surface area contributed by atoms with E-state index in [-0.39, 0.29) is 34.7 Å². The molecule has 6 N–H and O–H groups in total. The van der Waals surface area contributed by atoms with E-state index in [2.05, 4.69) is 10.6 Å². The number of hydrogen-bond donors (Lipinski definition) is 6. The first-order chi connectivity index (χ1) is 14.3. The summed E-state index contributed by atoms with van der Waals surface area (Å²) in [4.78, 5) is 22.3. The minimum absolute atomic E-state index is 0.0447. The standard InChI is InChI=1S/C22H26N2O6/c25-19-7-5-13(21(27)28)9-15(19)11-23-17-3-1-2-4-18(17)24-12-16-10-14(22(29)30)6-8-20(16)26/h5-10,17-18,23-26H,1-4,11-12H2,(H,27,28)(H,29,30)/t17-,18-/m1/s1. The van der Waals surface area contributed by atoms with Crippen LogP contribution in [0.3, 0.4) is 0 Å². The van der Waals surface area contributed by atoms with E-state index in [1.54, 1.807) is 0 Å². The number of carboxylic acid groups (broad SMARTS) is 2. The summed E-state index contributed by atoms with van der Waals surface area (Å²) >= 11 is 0. The summed E-state index contributed by atoms with van der Waals surface area (Å²) in [5.41, 5.74) is 1.28. The molecule has 3 rings (SSSR count). The maximum absolute atomic E-state index is 11.2. The quantitative estimate of drug-likeness (QED) is 0.388. The Bertz CT molecular complexity index is 854. The molecule has 0 amide bonds. The van der Waals surface area contributed by atoms with Gasteiger partial charge in [-0.15, -0.1) is 0 Å². The number of aromatic carboxylic acids is 2. The molecule has 0 heterocycles. The predicted octanol–water partition coefficient (Wildman–Crippen LogP) is 2.68. The van der Waals surface area contributed by atoms with Gasteiger partial charge in [0, 0.05) is 36.3 Å². The Balaban J connectivity index is 1.65. The van der Waals surface area contributed by atoms with Gasteiger partial charge in [-0.1, -0.05) is 12.8 Å². The second kappa shape index (κ2) is 9.60. The van der Waals surface area contributed by atoms with Crippen LogP contribution in [0, 0.1) is 0 Å². The monoisotopic (exact) mass is 414 g/mol. The highest BCUT2D eigenvalue weighted by atomic mass is 16.4. The molecule has 0 aromatic heterocycles. The first kappa shape index (κ1) is 21.6. The van der Waals surface area contributed by atoms with Crippen LogP contribution in [0.4, 0.5) is 0 Å². The van der Waals surface area contributed by atoms with Gasteiger partial charge in [-0.2, -0.15) is 0 Å². The molecule has 2 atom stereocenters. The molecule has 8 heteroatoms. The Kier molecular flexibility index (Phi) is 6.91. The van der Waals surface area contributed by atoms with Crippen molar-refractivity contribution < 1.29 is 30.0 Å². The zero-order chi connectivity index (χ0) is 21.7. The molecule has 0 aliphatic heterocycles. The number of rotatable bonds is 8. The smallest absolute Gasteiger partial charge is 0.335 e. The third-order valence-corrected chi connectivity index (χ3v) is 5.53. The summed E-state index contributed by atoms with van der Waals surface area (Å²) in [7, 11) is 0. The Labute approximate surface area is 174 Å². The number of carboxylic acids is 2. The van der Waals surface area contributed by atoms with E-state index in [1.807, 2.05) is 0 Å². The molecule has 1 aliphatic carbocycles. The number of phenols is 2. The van der Waals surface area contributed by atoms with Crippen LogP contribution in [0.5, 0.6) is 11.5 Å². The minimum Gasteiger partial charge on any atom is -0.508 e. The van der Waals surface area contributed by atoms with E-state index in [4.69, 9.17) is 10.2 Å². The third kappa shape index (κ3) is 5.28. The molecular weight excluding hydrogens is 388 g/mol. The van der Waals surface area contributed by atoms with Gasteiger partial charge in [0.25, 0.3) is 0 Å². The van der Waals surface area contributed by atoms with Crippen molar-refractivity contribution in [1.82, 2.24) is 10.6 Å². The van der Waals surface area contributed by atoms with Crippen molar-refractivity contribution in [3.8, 4) is 11.5 Å². The lowest BCUT2D eigenvalue weighted by atomic mass is 9.89. The zero-order valence-corrected chi connectivity index (χ0v) is 16.5. The number of aromatic hydroxyl groups is 2. The summed E-state index contributed by atoms with van der Waals surface area (Å²) in [6.45, 7) is 0.658. The number of nitrogens with one attached hydrogen (secondary N) is 2. The fourth-order valence-electron chi connectivity index (χ4n) is 3.82. The van der Waals surface area contributed by atoms with Crippen molar-refractivity contribution in [2.24, 2.45) is 0 Å². The maximum atomic E-state index is 11.2. The number of phenolic OH excluding ortho intramolecular Hbond substituents is 2. The van der Waals surface area contributed by atoms with E-state index >= 15 is 0 Å². The van der Waals surface area contributed by atoms with Crippen LogP contribution in [0.25, 0.3) is 0 Å². The molecule has 160 valence electrons. The van der Waals surface area contributed by atoms with Crippen molar-refractivity contribution >= 4 is 11.9 Å². The van der Waals surface area contributed by atoms with Gasteiger partial charge < -0.3 is 31.1 Å². The fraction of sp³-hybridized carbons (Fsp3) is 0.364. The molecule has 0 unspecified atom stereocenters. The summed E-state index contributed by atoms with van der Waals surface area (Å²) in [6, 6.07) is 8.61. The van der Waals surface area contributed by atoms with E-state index in [9.17, 15) is 19.8 Å². The molecule has 0 saturated heterocycles. The lowest BCUT2D eigenvalue weighted by Crippen LogP contribution is -2.49. The molecule has 2 aromatic rings.